The van der Waals surface area contributed by atoms with Crippen molar-refractivity contribution in [3.63, 3.8) is 0 Å². The van der Waals surface area contributed by atoms with Gasteiger partial charge in [-0.1, -0.05) is 12.6 Å². The van der Waals surface area contributed by atoms with E-state index >= 15 is 0 Å². The van der Waals surface area contributed by atoms with Crippen molar-refractivity contribution in [1.82, 2.24) is 24.6 Å². The minimum absolute atomic E-state index is 0.00546. The first-order valence-electron chi connectivity index (χ1n) is 10.9. The van der Waals surface area contributed by atoms with Crippen LogP contribution in [0.3, 0.4) is 0 Å². The third kappa shape index (κ3) is 5.21. The second-order valence-electron chi connectivity index (χ2n) is 7.88. The molecule has 1 atom stereocenters. The molecule has 1 aliphatic heterocycles. The molecule has 1 saturated heterocycles. The zero-order chi connectivity index (χ0) is 24.9. The Hall–Kier alpha value is -4.48. The number of methoxy groups -OCH3 is 1. The Morgan fingerprint density at radius 2 is 2.14 bits per heavy atom. The summed E-state index contributed by atoms with van der Waals surface area (Å²) in [4.78, 5) is 34.1. The van der Waals surface area contributed by atoms with Gasteiger partial charge in [0, 0.05) is 25.5 Å². The van der Waals surface area contributed by atoms with Gasteiger partial charge in [0.1, 0.15) is 22.8 Å². The summed E-state index contributed by atoms with van der Waals surface area (Å²) < 4.78 is 21.4. The number of nitrogens with two attached hydrogens (primary N) is 1. The van der Waals surface area contributed by atoms with Gasteiger partial charge < -0.3 is 26.0 Å². The number of piperidine rings is 1. The largest absolute Gasteiger partial charge is 0.494 e. The average molecular weight is 481 g/mol. The standard InChI is InChI=1S/C23H25FN8O3/c1-3-19(33)31-9-5-6-15(13-31)32-12-14(10-27-32)28-23-26-11-16(21(25)34)22(30-23)29-20-17(24)7-4-8-18(20)35-2/h3-4,7-8,10-12,15H,1,5-6,9,13H2,2H3,(H2,25,34)(H2,26,28,29,30). The molecule has 1 unspecified atom stereocenters. The second kappa shape index (κ2) is 10.2. The molecule has 0 radical (unpaired) electrons. The number of para-hydroxylation sites is 1. The van der Waals surface area contributed by atoms with E-state index in [9.17, 15) is 14.0 Å². The Morgan fingerprint density at radius 1 is 1.31 bits per heavy atom. The summed E-state index contributed by atoms with van der Waals surface area (Å²) in [7, 11) is 1.40. The van der Waals surface area contributed by atoms with Crippen LogP contribution >= 0.6 is 0 Å². The first kappa shape index (κ1) is 23.7. The lowest BCUT2D eigenvalue weighted by Crippen LogP contribution is -2.39. The maximum absolute atomic E-state index is 14.4. The first-order chi connectivity index (χ1) is 16.9. The Bertz CT molecular complexity index is 1260. The maximum atomic E-state index is 14.4. The van der Waals surface area contributed by atoms with E-state index in [1.165, 1.54) is 31.5 Å². The number of benzene rings is 1. The van der Waals surface area contributed by atoms with Crippen LogP contribution in [0.5, 0.6) is 5.75 Å². The fraction of sp³-hybridized carbons (Fsp3) is 0.261. The number of halogens is 1. The van der Waals surface area contributed by atoms with Crippen LogP contribution in [0.15, 0.2) is 49.4 Å². The third-order valence-corrected chi connectivity index (χ3v) is 5.61. The Morgan fingerprint density at radius 3 is 2.89 bits per heavy atom. The monoisotopic (exact) mass is 480 g/mol. The molecule has 12 heteroatoms. The number of aromatic nitrogens is 4. The van der Waals surface area contributed by atoms with Gasteiger partial charge >= 0.3 is 0 Å². The van der Waals surface area contributed by atoms with Crippen molar-refractivity contribution in [2.24, 2.45) is 5.73 Å². The van der Waals surface area contributed by atoms with Crippen molar-refractivity contribution < 1.29 is 18.7 Å². The van der Waals surface area contributed by atoms with Crippen LogP contribution in [-0.2, 0) is 4.79 Å². The highest BCUT2D eigenvalue weighted by atomic mass is 19.1. The summed E-state index contributed by atoms with van der Waals surface area (Å²) in [6.07, 6.45) is 7.69. The highest BCUT2D eigenvalue weighted by Gasteiger charge is 2.24. The van der Waals surface area contributed by atoms with Crippen molar-refractivity contribution in [1.29, 1.82) is 0 Å². The lowest BCUT2D eigenvalue weighted by Gasteiger charge is -2.32. The molecule has 4 rings (SSSR count). The van der Waals surface area contributed by atoms with Crippen molar-refractivity contribution >= 4 is 35.0 Å². The number of ether oxygens (including phenoxy) is 1. The summed E-state index contributed by atoms with van der Waals surface area (Å²) in [6, 6.07) is 4.34. The molecule has 3 heterocycles. The molecule has 0 aliphatic carbocycles. The van der Waals surface area contributed by atoms with Crippen LogP contribution in [0.1, 0.15) is 29.2 Å². The number of rotatable bonds is 8. The number of nitrogens with one attached hydrogen (secondary N) is 2. The normalized spacial score (nSPS) is 15.4. The summed E-state index contributed by atoms with van der Waals surface area (Å²) in [6.45, 7) is 4.78. The van der Waals surface area contributed by atoms with Crippen LogP contribution in [0.25, 0.3) is 0 Å². The molecule has 0 saturated carbocycles. The molecule has 11 nitrogen and oxygen atoms in total. The van der Waals surface area contributed by atoms with Gasteiger partial charge in [0.2, 0.25) is 11.9 Å². The molecule has 0 bridgehead atoms. The fourth-order valence-electron chi connectivity index (χ4n) is 3.86. The molecule has 2 aromatic heterocycles. The zero-order valence-electron chi connectivity index (χ0n) is 19.1. The summed E-state index contributed by atoms with van der Waals surface area (Å²) in [5.41, 5.74) is 6.03. The molecule has 4 N–H and O–H groups in total. The number of likely N-dealkylation sites (tertiary alicyclic amines) is 1. The van der Waals surface area contributed by atoms with E-state index in [1.54, 1.807) is 28.0 Å². The molecule has 3 aromatic rings. The van der Waals surface area contributed by atoms with Gasteiger partial charge in [-0.2, -0.15) is 10.1 Å². The van der Waals surface area contributed by atoms with E-state index in [0.717, 1.165) is 12.8 Å². The number of primary amides is 1. The van der Waals surface area contributed by atoms with Gasteiger partial charge in [-0.25, -0.2) is 9.37 Å². The van der Waals surface area contributed by atoms with Crippen LogP contribution in [0, 0.1) is 5.82 Å². The number of anilines is 4. The third-order valence-electron chi connectivity index (χ3n) is 5.61. The van der Waals surface area contributed by atoms with E-state index in [0.29, 0.717) is 18.8 Å². The second-order valence-corrected chi connectivity index (χ2v) is 7.88. The van der Waals surface area contributed by atoms with Gasteiger partial charge in [0.05, 0.1) is 25.0 Å². The van der Waals surface area contributed by atoms with Crippen LogP contribution in [0.4, 0.5) is 27.5 Å². The predicted octanol–water partition coefficient (Wildman–Crippen LogP) is 2.76. The van der Waals surface area contributed by atoms with Gasteiger partial charge in [-0.05, 0) is 31.1 Å². The van der Waals surface area contributed by atoms with E-state index in [-0.39, 0.29) is 40.7 Å². The van der Waals surface area contributed by atoms with E-state index in [1.807, 2.05) is 0 Å². The fourth-order valence-corrected chi connectivity index (χ4v) is 3.86. The van der Waals surface area contributed by atoms with E-state index < -0.39 is 11.7 Å². The van der Waals surface area contributed by atoms with E-state index in [4.69, 9.17) is 10.5 Å². The molecular weight excluding hydrogens is 455 g/mol. The predicted molar refractivity (Wildman–Crippen MR) is 127 cm³/mol. The molecule has 1 fully saturated rings. The lowest BCUT2D eigenvalue weighted by atomic mass is 10.1. The average Bonchev–Trinajstić information content (AvgIpc) is 3.33. The lowest BCUT2D eigenvalue weighted by molar-refractivity contribution is -0.127. The molecule has 1 aromatic carbocycles. The SMILES string of the molecule is C=CC(=O)N1CCCC(n2cc(Nc3ncc(C(N)=O)c(Nc4c(F)cccc4OC)n3)cn2)C1. The highest BCUT2D eigenvalue weighted by molar-refractivity contribution is 5.98. The van der Waals surface area contributed by atoms with E-state index in [2.05, 4.69) is 32.3 Å². The number of carbonyl (C=O) groups excluding carboxylic acids is 2. The van der Waals surface area contributed by atoms with Crippen LogP contribution < -0.4 is 21.1 Å². The number of hydrogen-bond acceptors (Lipinski definition) is 8. The van der Waals surface area contributed by atoms with Crippen molar-refractivity contribution in [3.05, 3.63) is 60.8 Å². The maximum Gasteiger partial charge on any atom is 0.254 e. The zero-order valence-corrected chi connectivity index (χ0v) is 19.1. The summed E-state index contributed by atoms with van der Waals surface area (Å²) in [5, 5.41) is 10.2. The van der Waals surface area contributed by atoms with Crippen molar-refractivity contribution in [2.45, 2.75) is 18.9 Å². The van der Waals surface area contributed by atoms with Crippen molar-refractivity contribution in [2.75, 3.05) is 30.8 Å². The highest BCUT2D eigenvalue weighted by Crippen LogP contribution is 2.31. The molecule has 35 heavy (non-hydrogen) atoms. The first-order valence-corrected chi connectivity index (χ1v) is 10.9. The van der Waals surface area contributed by atoms with Gasteiger partial charge in [-0.15, -0.1) is 0 Å². The van der Waals surface area contributed by atoms with Crippen LogP contribution in [0.2, 0.25) is 0 Å². The quantitative estimate of drug-likeness (QED) is 0.418. The number of amides is 2. The van der Waals surface area contributed by atoms with Crippen LogP contribution in [-0.4, -0.2) is 56.7 Å². The topological polar surface area (TPSA) is 140 Å². The van der Waals surface area contributed by atoms with Gasteiger partial charge in [0.25, 0.3) is 5.91 Å². The molecule has 2 amide bonds. The Kier molecular flexibility index (Phi) is 6.90. The summed E-state index contributed by atoms with van der Waals surface area (Å²) in [5.74, 6) is -1.10. The molecular formula is C23H25FN8O3. The Balaban J connectivity index is 1.55. The Labute approximate surface area is 200 Å². The molecule has 0 spiro atoms. The number of nitrogens with zero attached hydrogens (tertiary/aromatic N) is 5. The number of hydrogen-bond donors (Lipinski definition) is 3. The molecule has 1 aliphatic rings. The summed E-state index contributed by atoms with van der Waals surface area (Å²) >= 11 is 0. The smallest absolute Gasteiger partial charge is 0.254 e. The van der Waals surface area contributed by atoms with Gasteiger partial charge in [0.15, 0.2) is 5.82 Å². The van der Waals surface area contributed by atoms with Gasteiger partial charge in [-0.3, -0.25) is 14.3 Å². The number of carbonyl (C=O) groups is 2. The van der Waals surface area contributed by atoms with Crippen molar-refractivity contribution in [3.8, 4) is 5.75 Å². The molecule has 182 valence electrons. The minimum atomic E-state index is -0.780. The minimum Gasteiger partial charge on any atom is -0.494 e.